The third-order valence-corrected chi connectivity index (χ3v) is 6.95. The lowest BCUT2D eigenvalue weighted by Gasteiger charge is -2.12. The van der Waals surface area contributed by atoms with Gasteiger partial charge in [-0.15, -0.1) is 21.5 Å². The van der Waals surface area contributed by atoms with Gasteiger partial charge in [-0.1, -0.05) is 11.8 Å². The number of methoxy groups -OCH3 is 1. The lowest BCUT2D eigenvalue weighted by molar-refractivity contribution is -0.113. The molecule has 0 spiro atoms. The predicted octanol–water partition coefficient (Wildman–Crippen LogP) is 4.16. The third kappa shape index (κ3) is 3.93. The molecular weight excluding hydrogens is 392 g/mol. The van der Waals surface area contributed by atoms with E-state index in [4.69, 9.17) is 4.74 Å². The minimum Gasteiger partial charge on any atom is -0.497 e. The molecule has 8 heteroatoms. The predicted molar refractivity (Wildman–Crippen MR) is 113 cm³/mol. The highest BCUT2D eigenvalue weighted by molar-refractivity contribution is 7.99. The van der Waals surface area contributed by atoms with Crippen molar-refractivity contribution >= 4 is 34.7 Å². The lowest BCUT2D eigenvalue weighted by Crippen LogP contribution is -2.14. The highest BCUT2D eigenvalue weighted by Gasteiger charge is 2.21. The molecule has 146 valence electrons. The molecule has 1 aliphatic carbocycles. The average Bonchev–Trinajstić information content (AvgIpc) is 3.30. The van der Waals surface area contributed by atoms with Gasteiger partial charge >= 0.3 is 0 Å². The second kappa shape index (κ2) is 8.36. The Morgan fingerprint density at radius 3 is 2.82 bits per heavy atom. The summed E-state index contributed by atoms with van der Waals surface area (Å²) in [7, 11) is 3.58. The molecule has 2 heterocycles. The van der Waals surface area contributed by atoms with E-state index < -0.39 is 0 Å². The van der Waals surface area contributed by atoms with Gasteiger partial charge in [-0.2, -0.15) is 0 Å². The molecule has 0 aliphatic heterocycles. The summed E-state index contributed by atoms with van der Waals surface area (Å²) in [6.45, 7) is 0. The molecule has 2 aromatic heterocycles. The van der Waals surface area contributed by atoms with E-state index in [-0.39, 0.29) is 11.7 Å². The fourth-order valence-electron chi connectivity index (χ4n) is 3.36. The second-order valence-corrected chi connectivity index (χ2v) is 8.60. The Hall–Kier alpha value is -2.32. The zero-order valence-electron chi connectivity index (χ0n) is 15.9. The van der Waals surface area contributed by atoms with Gasteiger partial charge in [0.15, 0.2) is 11.0 Å². The summed E-state index contributed by atoms with van der Waals surface area (Å²) in [6.07, 6.45) is 4.80. The van der Waals surface area contributed by atoms with Crippen molar-refractivity contribution < 1.29 is 9.53 Å². The van der Waals surface area contributed by atoms with Gasteiger partial charge < -0.3 is 14.6 Å². The van der Waals surface area contributed by atoms with E-state index in [9.17, 15) is 4.79 Å². The summed E-state index contributed by atoms with van der Waals surface area (Å²) in [6, 6.07) is 7.28. The largest absolute Gasteiger partial charge is 0.497 e. The number of ether oxygens (including phenoxy) is 1. The number of nitrogens with zero attached hydrogens (tertiary/aromatic N) is 3. The minimum atomic E-state index is -0.0763. The quantitative estimate of drug-likeness (QED) is 0.614. The van der Waals surface area contributed by atoms with Crippen LogP contribution in [-0.2, 0) is 24.7 Å². The molecule has 1 amide bonds. The van der Waals surface area contributed by atoms with Crippen molar-refractivity contribution in [2.24, 2.45) is 7.05 Å². The number of thioether (sulfide) groups is 1. The number of aromatic nitrogens is 3. The Balaban J connectivity index is 1.40. The van der Waals surface area contributed by atoms with Crippen molar-refractivity contribution in [2.75, 3.05) is 18.2 Å². The first-order valence-electron chi connectivity index (χ1n) is 9.21. The van der Waals surface area contributed by atoms with Gasteiger partial charge in [-0.25, -0.2) is 0 Å². The highest BCUT2D eigenvalue weighted by atomic mass is 32.2. The van der Waals surface area contributed by atoms with Crippen LogP contribution in [0.4, 0.5) is 5.69 Å². The summed E-state index contributed by atoms with van der Waals surface area (Å²) < 4.78 is 7.11. The van der Waals surface area contributed by atoms with E-state index in [1.165, 1.54) is 47.0 Å². The molecule has 0 saturated carbocycles. The van der Waals surface area contributed by atoms with Crippen LogP contribution in [0.3, 0.4) is 0 Å². The van der Waals surface area contributed by atoms with Crippen LogP contribution in [0.2, 0.25) is 0 Å². The standard InChI is InChI=1S/C20H22N4O2S2/c1-24-19(16-11-27-17-6-4-3-5-15(16)17)22-23-20(24)28-12-18(25)21-13-7-9-14(26-2)10-8-13/h7-11H,3-6,12H2,1-2H3,(H,21,25). The molecule has 0 radical (unpaired) electrons. The molecule has 0 atom stereocenters. The molecule has 0 saturated heterocycles. The van der Waals surface area contributed by atoms with Gasteiger partial charge in [-0.3, -0.25) is 4.79 Å². The third-order valence-electron chi connectivity index (χ3n) is 4.84. The molecule has 0 fully saturated rings. The number of carbonyl (C=O) groups excluding carboxylic acids is 1. The SMILES string of the molecule is COc1ccc(NC(=O)CSc2nnc(-c3csc4c3CCCC4)n2C)cc1. The molecule has 1 aliphatic rings. The number of hydrogen-bond donors (Lipinski definition) is 1. The van der Waals surface area contributed by atoms with Crippen molar-refractivity contribution in [3.8, 4) is 17.1 Å². The van der Waals surface area contributed by atoms with E-state index in [1.54, 1.807) is 7.11 Å². The number of rotatable bonds is 6. The number of carbonyl (C=O) groups is 1. The fourth-order valence-corrected chi connectivity index (χ4v) is 5.19. The van der Waals surface area contributed by atoms with Crippen molar-refractivity contribution in [1.82, 2.24) is 14.8 Å². The minimum absolute atomic E-state index is 0.0763. The van der Waals surface area contributed by atoms with Gasteiger partial charge in [0, 0.05) is 28.6 Å². The number of aryl methyl sites for hydroxylation is 1. The lowest BCUT2D eigenvalue weighted by atomic mass is 9.96. The van der Waals surface area contributed by atoms with E-state index in [0.29, 0.717) is 0 Å². The maximum Gasteiger partial charge on any atom is 0.234 e. The number of hydrogen-bond acceptors (Lipinski definition) is 6. The van der Waals surface area contributed by atoms with Crippen molar-refractivity contribution in [2.45, 2.75) is 30.8 Å². The molecule has 0 unspecified atom stereocenters. The zero-order chi connectivity index (χ0) is 19.5. The summed E-state index contributed by atoms with van der Waals surface area (Å²) >= 11 is 3.22. The van der Waals surface area contributed by atoms with Crippen molar-refractivity contribution in [3.63, 3.8) is 0 Å². The first-order valence-corrected chi connectivity index (χ1v) is 11.1. The molecule has 6 nitrogen and oxygen atoms in total. The molecular formula is C20H22N4O2S2. The highest BCUT2D eigenvalue weighted by Crippen LogP contribution is 2.36. The summed E-state index contributed by atoms with van der Waals surface area (Å²) in [5.41, 5.74) is 3.37. The number of benzene rings is 1. The van der Waals surface area contributed by atoms with Crippen LogP contribution < -0.4 is 10.1 Å². The molecule has 4 rings (SSSR count). The first kappa shape index (κ1) is 19.0. The van der Waals surface area contributed by atoms with Gasteiger partial charge in [0.2, 0.25) is 5.91 Å². The van der Waals surface area contributed by atoms with E-state index in [2.05, 4.69) is 20.9 Å². The topological polar surface area (TPSA) is 69.0 Å². The van der Waals surface area contributed by atoms with Crippen LogP contribution in [0.5, 0.6) is 5.75 Å². The Morgan fingerprint density at radius 1 is 1.25 bits per heavy atom. The Bertz CT molecular complexity index is 979. The van der Waals surface area contributed by atoms with Gasteiger partial charge in [-0.05, 0) is 55.5 Å². The normalized spacial score (nSPS) is 13.2. The van der Waals surface area contributed by atoms with Crippen LogP contribution in [0.1, 0.15) is 23.3 Å². The molecule has 0 bridgehead atoms. The van der Waals surface area contributed by atoms with Crippen LogP contribution >= 0.6 is 23.1 Å². The Morgan fingerprint density at radius 2 is 2.04 bits per heavy atom. The Kier molecular flexibility index (Phi) is 5.68. The fraction of sp³-hybridized carbons (Fsp3) is 0.350. The molecule has 3 aromatic rings. The summed E-state index contributed by atoms with van der Waals surface area (Å²) in [5.74, 6) is 1.85. The van der Waals surface area contributed by atoms with E-state index >= 15 is 0 Å². The number of amides is 1. The summed E-state index contributed by atoms with van der Waals surface area (Å²) in [5, 5.41) is 14.5. The maximum atomic E-state index is 12.3. The van der Waals surface area contributed by atoms with Gasteiger partial charge in [0.25, 0.3) is 0 Å². The molecule has 1 aromatic carbocycles. The van der Waals surface area contributed by atoms with Gasteiger partial charge in [0.05, 0.1) is 12.9 Å². The average molecular weight is 415 g/mol. The Labute approximate surface area is 172 Å². The smallest absolute Gasteiger partial charge is 0.234 e. The van der Waals surface area contributed by atoms with Gasteiger partial charge in [0.1, 0.15) is 5.75 Å². The monoisotopic (exact) mass is 414 g/mol. The number of nitrogens with one attached hydrogen (secondary N) is 1. The second-order valence-electron chi connectivity index (χ2n) is 6.69. The number of thiophene rings is 1. The van der Waals surface area contributed by atoms with Crippen molar-refractivity contribution in [1.29, 1.82) is 0 Å². The maximum absolute atomic E-state index is 12.3. The van der Waals surface area contributed by atoms with Crippen LogP contribution in [0.15, 0.2) is 34.8 Å². The number of anilines is 1. The van der Waals surface area contributed by atoms with E-state index in [0.717, 1.165) is 28.8 Å². The molecule has 1 N–H and O–H groups in total. The van der Waals surface area contributed by atoms with Crippen molar-refractivity contribution in [3.05, 3.63) is 40.1 Å². The molecule has 28 heavy (non-hydrogen) atoms. The van der Waals surface area contributed by atoms with E-state index in [1.807, 2.05) is 47.2 Å². The van der Waals surface area contributed by atoms with Crippen LogP contribution in [0, 0.1) is 0 Å². The van der Waals surface area contributed by atoms with Crippen LogP contribution in [-0.4, -0.2) is 33.5 Å². The number of fused-ring (bicyclic) bond motifs is 1. The summed E-state index contributed by atoms with van der Waals surface area (Å²) in [4.78, 5) is 13.7. The first-order chi connectivity index (χ1) is 13.7. The van der Waals surface area contributed by atoms with Crippen LogP contribution in [0.25, 0.3) is 11.4 Å². The zero-order valence-corrected chi connectivity index (χ0v) is 17.5.